The third-order valence-corrected chi connectivity index (χ3v) is 3.12. The van der Waals surface area contributed by atoms with Crippen LogP contribution in [0.15, 0.2) is 0 Å². The van der Waals surface area contributed by atoms with Gasteiger partial charge in [0, 0.05) is 12.6 Å². The van der Waals surface area contributed by atoms with Gasteiger partial charge in [-0.2, -0.15) is 0 Å². The van der Waals surface area contributed by atoms with Crippen molar-refractivity contribution in [3.05, 3.63) is 0 Å². The quantitative estimate of drug-likeness (QED) is 0.614. The standard InChI is InChI=1S/C11H23NO/c1-3-11(12-2)9-13-8-7-10-5-4-6-10/h10-12H,3-9H2,1-2H3. The maximum Gasteiger partial charge on any atom is 0.0619 e. The molecular weight excluding hydrogens is 162 g/mol. The number of hydrogen-bond donors (Lipinski definition) is 1. The first kappa shape index (κ1) is 11.0. The van der Waals surface area contributed by atoms with E-state index in [4.69, 9.17) is 4.74 Å². The molecule has 1 rings (SSSR count). The Hall–Kier alpha value is -0.0800. The van der Waals surface area contributed by atoms with Crippen LogP contribution in [-0.4, -0.2) is 26.3 Å². The van der Waals surface area contributed by atoms with E-state index in [0.29, 0.717) is 6.04 Å². The molecule has 2 nitrogen and oxygen atoms in total. The lowest BCUT2D eigenvalue weighted by atomic mass is 9.83. The van der Waals surface area contributed by atoms with Gasteiger partial charge < -0.3 is 10.1 Å². The Morgan fingerprint density at radius 2 is 2.23 bits per heavy atom. The summed E-state index contributed by atoms with van der Waals surface area (Å²) in [4.78, 5) is 0. The molecule has 2 heteroatoms. The van der Waals surface area contributed by atoms with Crippen LogP contribution in [-0.2, 0) is 4.74 Å². The Kier molecular flexibility index (Phi) is 5.40. The summed E-state index contributed by atoms with van der Waals surface area (Å²) in [5, 5.41) is 3.24. The van der Waals surface area contributed by atoms with Gasteiger partial charge in [0.1, 0.15) is 0 Å². The minimum Gasteiger partial charge on any atom is -0.380 e. The van der Waals surface area contributed by atoms with E-state index in [1.54, 1.807) is 0 Å². The summed E-state index contributed by atoms with van der Waals surface area (Å²) in [7, 11) is 2.00. The molecular formula is C11H23NO. The van der Waals surface area contributed by atoms with Crippen molar-refractivity contribution >= 4 is 0 Å². The molecule has 1 atom stereocenters. The molecule has 1 saturated carbocycles. The molecule has 0 aromatic heterocycles. The second-order valence-electron chi connectivity index (χ2n) is 4.05. The van der Waals surface area contributed by atoms with Crippen molar-refractivity contribution in [2.45, 2.75) is 45.1 Å². The highest BCUT2D eigenvalue weighted by Crippen LogP contribution is 2.29. The van der Waals surface area contributed by atoms with Crippen molar-refractivity contribution in [1.82, 2.24) is 5.32 Å². The van der Waals surface area contributed by atoms with Gasteiger partial charge in [-0.25, -0.2) is 0 Å². The first-order valence-electron chi connectivity index (χ1n) is 5.61. The highest BCUT2D eigenvalue weighted by atomic mass is 16.5. The molecule has 1 unspecified atom stereocenters. The van der Waals surface area contributed by atoms with Crippen LogP contribution in [0.3, 0.4) is 0 Å². The minimum absolute atomic E-state index is 0.543. The summed E-state index contributed by atoms with van der Waals surface area (Å²) in [6.07, 6.45) is 6.75. The number of likely N-dealkylation sites (N-methyl/N-ethyl adjacent to an activating group) is 1. The van der Waals surface area contributed by atoms with Gasteiger partial charge in [0.05, 0.1) is 6.61 Å². The highest BCUT2D eigenvalue weighted by Gasteiger charge is 2.16. The van der Waals surface area contributed by atoms with Crippen LogP contribution in [0.4, 0.5) is 0 Å². The van der Waals surface area contributed by atoms with Crippen molar-refractivity contribution < 1.29 is 4.74 Å². The zero-order valence-corrected chi connectivity index (χ0v) is 9.01. The Morgan fingerprint density at radius 1 is 1.46 bits per heavy atom. The Labute approximate surface area is 82.0 Å². The summed E-state index contributed by atoms with van der Waals surface area (Å²) in [6, 6.07) is 0.543. The average molecular weight is 185 g/mol. The molecule has 0 heterocycles. The van der Waals surface area contributed by atoms with Crippen molar-refractivity contribution in [3.63, 3.8) is 0 Å². The van der Waals surface area contributed by atoms with Gasteiger partial charge >= 0.3 is 0 Å². The predicted molar refractivity (Wildman–Crippen MR) is 55.9 cm³/mol. The van der Waals surface area contributed by atoms with Gasteiger partial charge in [-0.15, -0.1) is 0 Å². The summed E-state index contributed by atoms with van der Waals surface area (Å²) < 4.78 is 5.62. The lowest BCUT2D eigenvalue weighted by molar-refractivity contribution is 0.0896. The first-order chi connectivity index (χ1) is 6.36. The average Bonchev–Trinajstić information content (AvgIpc) is 2.08. The van der Waals surface area contributed by atoms with Crippen LogP contribution in [0.5, 0.6) is 0 Å². The number of rotatable bonds is 7. The predicted octanol–water partition coefficient (Wildman–Crippen LogP) is 2.19. The van der Waals surface area contributed by atoms with E-state index >= 15 is 0 Å². The molecule has 1 aliphatic carbocycles. The highest BCUT2D eigenvalue weighted by molar-refractivity contribution is 4.69. The van der Waals surface area contributed by atoms with Crippen LogP contribution in [0.2, 0.25) is 0 Å². The SMILES string of the molecule is CCC(COCCC1CCC1)NC. The zero-order valence-electron chi connectivity index (χ0n) is 9.01. The topological polar surface area (TPSA) is 21.3 Å². The van der Waals surface area contributed by atoms with Crippen LogP contribution in [0.1, 0.15) is 39.0 Å². The van der Waals surface area contributed by atoms with Crippen LogP contribution in [0.25, 0.3) is 0 Å². The second-order valence-corrected chi connectivity index (χ2v) is 4.05. The van der Waals surface area contributed by atoms with E-state index < -0.39 is 0 Å². The molecule has 0 spiro atoms. The molecule has 0 aromatic rings. The molecule has 0 amide bonds. The molecule has 0 bridgehead atoms. The van der Waals surface area contributed by atoms with Crippen molar-refractivity contribution in [3.8, 4) is 0 Å². The lowest BCUT2D eigenvalue weighted by Crippen LogP contribution is -2.29. The summed E-state index contributed by atoms with van der Waals surface area (Å²) >= 11 is 0. The van der Waals surface area contributed by atoms with Gasteiger partial charge in [0.15, 0.2) is 0 Å². The fourth-order valence-corrected chi connectivity index (χ4v) is 1.66. The maximum atomic E-state index is 5.62. The molecule has 1 fully saturated rings. The number of nitrogens with one attached hydrogen (secondary N) is 1. The smallest absolute Gasteiger partial charge is 0.0619 e. The zero-order chi connectivity index (χ0) is 9.52. The van der Waals surface area contributed by atoms with E-state index in [1.165, 1.54) is 25.7 Å². The third kappa shape index (κ3) is 4.10. The molecule has 0 aromatic carbocycles. The van der Waals surface area contributed by atoms with Gasteiger partial charge in [0.2, 0.25) is 0 Å². The monoisotopic (exact) mass is 185 g/mol. The van der Waals surface area contributed by atoms with E-state index in [1.807, 2.05) is 7.05 Å². The fraction of sp³-hybridized carbons (Fsp3) is 1.00. The molecule has 0 radical (unpaired) electrons. The fourth-order valence-electron chi connectivity index (χ4n) is 1.66. The summed E-state index contributed by atoms with van der Waals surface area (Å²) in [5.74, 6) is 0.981. The Balaban J connectivity index is 1.87. The van der Waals surface area contributed by atoms with Crippen molar-refractivity contribution in [2.75, 3.05) is 20.3 Å². The van der Waals surface area contributed by atoms with E-state index in [9.17, 15) is 0 Å². The number of ether oxygens (including phenoxy) is 1. The van der Waals surface area contributed by atoms with Gasteiger partial charge in [-0.05, 0) is 25.8 Å². The second kappa shape index (κ2) is 6.39. The first-order valence-corrected chi connectivity index (χ1v) is 5.61. The molecule has 0 saturated heterocycles. The Morgan fingerprint density at radius 3 is 2.69 bits per heavy atom. The van der Waals surface area contributed by atoms with Crippen LogP contribution in [0, 0.1) is 5.92 Å². The van der Waals surface area contributed by atoms with Crippen molar-refractivity contribution in [1.29, 1.82) is 0 Å². The number of hydrogen-bond acceptors (Lipinski definition) is 2. The third-order valence-electron chi connectivity index (χ3n) is 3.12. The minimum atomic E-state index is 0.543. The van der Waals surface area contributed by atoms with E-state index in [-0.39, 0.29) is 0 Å². The van der Waals surface area contributed by atoms with Gasteiger partial charge in [-0.3, -0.25) is 0 Å². The lowest BCUT2D eigenvalue weighted by Gasteiger charge is -2.25. The van der Waals surface area contributed by atoms with Crippen LogP contribution >= 0.6 is 0 Å². The van der Waals surface area contributed by atoms with E-state index in [2.05, 4.69) is 12.2 Å². The largest absolute Gasteiger partial charge is 0.380 e. The molecule has 1 aliphatic rings. The van der Waals surface area contributed by atoms with Crippen LogP contribution < -0.4 is 5.32 Å². The van der Waals surface area contributed by atoms with Crippen molar-refractivity contribution in [2.24, 2.45) is 5.92 Å². The van der Waals surface area contributed by atoms with E-state index in [0.717, 1.165) is 25.6 Å². The van der Waals surface area contributed by atoms with Gasteiger partial charge in [-0.1, -0.05) is 26.2 Å². The molecule has 0 aliphatic heterocycles. The maximum absolute atomic E-state index is 5.62. The van der Waals surface area contributed by atoms with Gasteiger partial charge in [0.25, 0.3) is 0 Å². The molecule has 78 valence electrons. The molecule has 1 N–H and O–H groups in total. The summed E-state index contributed by atoms with van der Waals surface area (Å²) in [6.45, 7) is 4.03. The summed E-state index contributed by atoms with van der Waals surface area (Å²) in [5.41, 5.74) is 0. The normalized spacial score (nSPS) is 19.8. The molecule has 13 heavy (non-hydrogen) atoms. The Bertz CT molecular complexity index is 119.